The lowest BCUT2D eigenvalue weighted by molar-refractivity contribution is 0.415. The second-order valence-corrected chi connectivity index (χ2v) is 10.9. The number of H-pyrrole nitrogens is 1. The molecule has 194 valence electrons. The minimum absolute atomic E-state index is 0.269. The highest BCUT2D eigenvalue weighted by Crippen LogP contribution is 2.27. The number of rotatable bonds is 13. The Hall–Kier alpha value is -3.42. The summed E-state index contributed by atoms with van der Waals surface area (Å²) in [7, 11) is -1.97. The number of methoxy groups -OCH3 is 1. The van der Waals surface area contributed by atoms with Gasteiger partial charge in [0, 0.05) is 29.8 Å². The molecule has 37 heavy (non-hydrogen) atoms. The zero-order valence-corrected chi connectivity index (χ0v) is 22.4. The molecule has 3 aromatic carbocycles. The van der Waals surface area contributed by atoms with Crippen LogP contribution in [0.1, 0.15) is 48.6 Å². The van der Waals surface area contributed by atoms with Crippen LogP contribution < -0.4 is 9.46 Å². The number of nitrogens with zero attached hydrogens (tertiary/aromatic N) is 1. The molecule has 1 heterocycles. The van der Waals surface area contributed by atoms with Crippen LogP contribution in [0.2, 0.25) is 0 Å². The maximum Gasteiger partial charge on any atom is 0.240 e. The number of hydrogen-bond acceptors (Lipinski definition) is 4. The number of aryl methyl sites for hydroxylation is 1. The van der Waals surface area contributed by atoms with Crippen molar-refractivity contribution < 1.29 is 13.2 Å². The third-order valence-electron chi connectivity index (χ3n) is 6.51. The molecule has 2 N–H and O–H groups in total. The molecule has 0 spiro atoms. The first-order valence-corrected chi connectivity index (χ1v) is 14.3. The van der Waals surface area contributed by atoms with Crippen molar-refractivity contribution in [1.82, 2.24) is 14.9 Å². The second-order valence-electron chi connectivity index (χ2n) is 9.17. The standard InChI is InChI=1S/C30H35N3O3S/c1-3-4-6-9-23-12-18-27(19-13-23)37(34,35)31-21-20-28-29(22-24-10-7-5-8-11-24)32-33-30(28)25-14-16-26(36-2)17-15-25/h5,7-8,10-19,31H,3-4,6,9,20-22H2,1-2H3,(H,32,33). The Morgan fingerprint density at radius 3 is 2.27 bits per heavy atom. The summed E-state index contributed by atoms with van der Waals surface area (Å²) >= 11 is 0. The smallest absolute Gasteiger partial charge is 0.240 e. The Kier molecular flexibility index (Phi) is 9.14. The first-order valence-electron chi connectivity index (χ1n) is 12.8. The summed E-state index contributed by atoms with van der Waals surface area (Å²) in [6.07, 6.45) is 5.63. The molecule has 4 rings (SSSR count). The van der Waals surface area contributed by atoms with Crippen LogP contribution in [0.5, 0.6) is 5.75 Å². The summed E-state index contributed by atoms with van der Waals surface area (Å²) in [5.41, 5.74) is 6.08. The number of aromatic nitrogens is 2. The molecule has 0 atom stereocenters. The predicted molar refractivity (Wildman–Crippen MR) is 148 cm³/mol. The van der Waals surface area contributed by atoms with Crippen LogP contribution >= 0.6 is 0 Å². The highest BCUT2D eigenvalue weighted by atomic mass is 32.2. The van der Waals surface area contributed by atoms with Crippen LogP contribution in [0.25, 0.3) is 11.3 Å². The summed E-state index contributed by atoms with van der Waals surface area (Å²) in [4.78, 5) is 0.291. The summed E-state index contributed by atoms with van der Waals surface area (Å²) in [6, 6.07) is 25.1. The van der Waals surface area contributed by atoms with Crippen molar-refractivity contribution in [3.63, 3.8) is 0 Å². The average molecular weight is 518 g/mol. The molecule has 0 aliphatic heterocycles. The number of nitrogens with one attached hydrogen (secondary N) is 2. The van der Waals surface area contributed by atoms with Gasteiger partial charge in [0.05, 0.1) is 17.7 Å². The van der Waals surface area contributed by atoms with Crippen molar-refractivity contribution in [3.8, 4) is 17.0 Å². The number of ether oxygens (including phenoxy) is 1. The molecule has 4 aromatic rings. The predicted octanol–water partition coefficient (Wildman–Crippen LogP) is 5.93. The molecule has 0 saturated heterocycles. The fourth-order valence-electron chi connectivity index (χ4n) is 4.41. The highest BCUT2D eigenvalue weighted by Gasteiger charge is 2.18. The van der Waals surface area contributed by atoms with Crippen molar-refractivity contribution in [2.24, 2.45) is 0 Å². The van der Waals surface area contributed by atoms with Crippen LogP contribution in [-0.4, -0.2) is 32.3 Å². The van der Waals surface area contributed by atoms with Gasteiger partial charge in [0.2, 0.25) is 10.0 Å². The van der Waals surface area contributed by atoms with E-state index in [1.165, 1.54) is 18.4 Å². The van der Waals surface area contributed by atoms with Gasteiger partial charge in [-0.25, -0.2) is 13.1 Å². The van der Waals surface area contributed by atoms with E-state index in [9.17, 15) is 8.42 Å². The molecule has 0 saturated carbocycles. The Labute approximate surface area is 220 Å². The van der Waals surface area contributed by atoms with Crippen LogP contribution in [0.15, 0.2) is 83.8 Å². The lowest BCUT2D eigenvalue weighted by Gasteiger charge is -2.10. The molecule has 0 bridgehead atoms. The third-order valence-corrected chi connectivity index (χ3v) is 7.99. The van der Waals surface area contributed by atoms with E-state index in [0.29, 0.717) is 17.7 Å². The first-order chi connectivity index (χ1) is 18.0. The number of sulfonamides is 1. The Morgan fingerprint density at radius 1 is 0.865 bits per heavy atom. The molecule has 0 fully saturated rings. The van der Waals surface area contributed by atoms with Crippen molar-refractivity contribution in [3.05, 3.63) is 101 Å². The molecular formula is C30H35N3O3S. The van der Waals surface area contributed by atoms with Gasteiger partial charge in [0.25, 0.3) is 0 Å². The molecule has 0 aliphatic carbocycles. The van der Waals surface area contributed by atoms with E-state index in [-0.39, 0.29) is 6.54 Å². The molecule has 0 aliphatic rings. The van der Waals surface area contributed by atoms with Crippen molar-refractivity contribution in [2.45, 2.75) is 50.3 Å². The Balaban J connectivity index is 1.50. The van der Waals surface area contributed by atoms with Gasteiger partial charge in [0.1, 0.15) is 5.75 Å². The molecule has 7 heteroatoms. The van der Waals surface area contributed by atoms with E-state index in [0.717, 1.165) is 46.7 Å². The molecule has 0 amide bonds. The normalized spacial score (nSPS) is 11.5. The Bertz CT molecular complexity index is 1360. The van der Waals surface area contributed by atoms with Gasteiger partial charge in [-0.05, 0) is 66.8 Å². The molecule has 6 nitrogen and oxygen atoms in total. The van der Waals surface area contributed by atoms with E-state index in [2.05, 4.69) is 34.0 Å². The largest absolute Gasteiger partial charge is 0.497 e. The minimum atomic E-state index is -3.61. The van der Waals surface area contributed by atoms with Crippen molar-refractivity contribution in [1.29, 1.82) is 0 Å². The summed E-state index contributed by atoms with van der Waals surface area (Å²) in [5.74, 6) is 0.773. The van der Waals surface area contributed by atoms with Crippen LogP contribution in [0.4, 0.5) is 0 Å². The molecule has 0 unspecified atom stereocenters. The van der Waals surface area contributed by atoms with Crippen LogP contribution in [0, 0.1) is 0 Å². The number of hydrogen-bond donors (Lipinski definition) is 2. The van der Waals surface area contributed by atoms with E-state index >= 15 is 0 Å². The number of unbranched alkanes of at least 4 members (excludes halogenated alkanes) is 2. The second kappa shape index (κ2) is 12.7. The van der Waals surface area contributed by atoms with E-state index < -0.39 is 10.0 Å². The summed E-state index contributed by atoms with van der Waals surface area (Å²) in [5, 5.41) is 7.81. The Morgan fingerprint density at radius 2 is 1.59 bits per heavy atom. The maximum atomic E-state index is 13.0. The number of aromatic amines is 1. The van der Waals surface area contributed by atoms with Gasteiger partial charge in [-0.15, -0.1) is 0 Å². The van der Waals surface area contributed by atoms with E-state index in [1.54, 1.807) is 19.2 Å². The SMILES string of the molecule is CCCCCc1ccc(S(=O)(=O)NCCc2c(-c3ccc(OC)cc3)n[nH]c2Cc2ccccc2)cc1. The van der Waals surface area contributed by atoms with Gasteiger partial charge in [0.15, 0.2) is 0 Å². The topological polar surface area (TPSA) is 84.1 Å². The zero-order valence-electron chi connectivity index (χ0n) is 21.5. The summed E-state index contributed by atoms with van der Waals surface area (Å²) in [6.45, 7) is 2.44. The lowest BCUT2D eigenvalue weighted by atomic mass is 9.99. The van der Waals surface area contributed by atoms with E-state index in [1.807, 2.05) is 54.6 Å². The van der Waals surface area contributed by atoms with E-state index in [4.69, 9.17) is 4.74 Å². The monoisotopic (exact) mass is 517 g/mol. The van der Waals surface area contributed by atoms with Crippen molar-refractivity contribution >= 4 is 10.0 Å². The van der Waals surface area contributed by atoms with Crippen molar-refractivity contribution in [2.75, 3.05) is 13.7 Å². The van der Waals surface area contributed by atoms with Crippen LogP contribution in [0.3, 0.4) is 0 Å². The minimum Gasteiger partial charge on any atom is -0.497 e. The first kappa shape index (κ1) is 26.6. The molecule has 0 radical (unpaired) electrons. The van der Waals surface area contributed by atoms with Gasteiger partial charge in [-0.2, -0.15) is 5.10 Å². The van der Waals surface area contributed by atoms with Gasteiger partial charge < -0.3 is 4.74 Å². The number of benzene rings is 3. The fourth-order valence-corrected chi connectivity index (χ4v) is 5.44. The maximum absolute atomic E-state index is 13.0. The average Bonchev–Trinajstić information content (AvgIpc) is 3.31. The third kappa shape index (κ3) is 7.08. The fraction of sp³-hybridized carbons (Fsp3) is 0.300. The molecular weight excluding hydrogens is 482 g/mol. The zero-order chi connectivity index (χ0) is 26.1. The van der Waals surface area contributed by atoms with Gasteiger partial charge >= 0.3 is 0 Å². The highest BCUT2D eigenvalue weighted by molar-refractivity contribution is 7.89. The van der Waals surface area contributed by atoms with Gasteiger partial charge in [-0.1, -0.05) is 62.2 Å². The summed E-state index contributed by atoms with van der Waals surface area (Å²) < 4.78 is 34.0. The molecule has 1 aromatic heterocycles. The van der Waals surface area contributed by atoms with Gasteiger partial charge in [-0.3, -0.25) is 5.10 Å². The van der Waals surface area contributed by atoms with Crippen LogP contribution in [-0.2, 0) is 29.3 Å². The lowest BCUT2D eigenvalue weighted by Crippen LogP contribution is -2.26. The quantitative estimate of drug-likeness (QED) is 0.215.